The Morgan fingerprint density at radius 1 is 1.21 bits per heavy atom. The zero-order chi connectivity index (χ0) is 16.8. The summed E-state index contributed by atoms with van der Waals surface area (Å²) in [7, 11) is 2.00. The van der Waals surface area contributed by atoms with Gasteiger partial charge < -0.3 is 14.6 Å². The van der Waals surface area contributed by atoms with Crippen molar-refractivity contribution in [3.8, 4) is 5.75 Å². The highest BCUT2D eigenvalue weighted by molar-refractivity contribution is 5.30. The second kappa shape index (κ2) is 7.75. The molecule has 0 saturated carbocycles. The van der Waals surface area contributed by atoms with Crippen molar-refractivity contribution >= 4 is 0 Å². The van der Waals surface area contributed by atoms with E-state index in [1.165, 1.54) is 5.56 Å². The lowest BCUT2D eigenvalue weighted by Crippen LogP contribution is -2.19. The summed E-state index contributed by atoms with van der Waals surface area (Å²) in [6.07, 6.45) is 5.47. The molecule has 124 valence electrons. The van der Waals surface area contributed by atoms with Gasteiger partial charge in [-0.2, -0.15) is 0 Å². The van der Waals surface area contributed by atoms with E-state index in [2.05, 4.69) is 34.3 Å². The molecule has 0 radical (unpaired) electrons. The third kappa shape index (κ3) is 4.20. The van der Waals surface area contributed by atoms with Gasteiger partial charge in [-0.15, -0.1) is 0 Å². The largest absolute Gasteiger partial charge is 0.487 e. The van der Waals surface area contributed by atoms with Gasteiger partial charge in [0, 0.05) is 32.0 Å². The maximum Gasteiger partial charge on any atom is 0.130 e. The highest BCUT2D eigenvalue weighted by Gasteiger charge is 2.08. The highest BCUT2D eigenvalue weighted by atomic mass is 16.5. The van der Waals surface area contributed by atoms with Gasteiger partial charge in [0.1, 0.15) is 12.4 Å². The second-order valence-corrected chi connectivity index (χ2v) is 5.78. The van der Waals surface area contributed by atoms with Gasteiger partial charge in [-0.3, -0.25) is 4.98 Å². The molecular formula is C19H22N4O. The fourth-order valence-electron chi connectivity index (χ4n) is 2.44. The van der Waals surface area contributed by atoms with E-state index in [-0.39, 0.29) is 6.04 Å². The number of imidazole rings is 1. The molecule has 5 heteroatoms. The minimum Gasteiger partial charge on any atom is -0.487 e. The fraction of sp³-hybridized carbons (Fsp3) is 0.263. The third-order valence-corrected chi connectivity index (χ3v) is 3.98. The van der Waals surface area contributed by atoms with Gasteiger partial charge in [-0.05, 0) is 36.8 Å². The van der Waals surface area contributed by atoms with Crippen molar-refractivity contribution in [2.45, 2.75) is 26.1 Å². The maximum atomic E-state index is 5.85. The molecule has 24 heavy (non-hydrogen) atoms. The Morgan fingerprint density at radius 2 is 2.12 bits per heavy atom. The molecule has 0 spiro atoms. The quantitative estimate of drug-likeness (QED) is 0.725. The first-order chi connectivity index (χ1) is 11.7. The molecule has 0 saturated heterocycles. The molecular weight excluding hydrogens is 300 g/mol. The standard InChI is InChI=1S/C19H22N4O/c1-15(22-12-18-11-20-14-23(18)2)16-6-5-8-19(10-16)24-13-17-7-3-4-9-21-17/h3-11,14-15,22H,12-13H2,1-2H3. The van der Waals surface area contributed by atoms with Crippen molar-refractivity contribution in [3.63, 3.8) is 0 Å². The van der Waals surface area contributed by atoms with Gasteiger partial charge in [0.05, 0.1) is 17.7 Å². The molecule has 1 N–H and O–H groups in total. The summed E-state index contributed by atoms with van der Waals surface area (Å²) >= 11 is 0. The van der Waals surface area contributed by atoms with Gasteiger partial charge >= 0.3 is 0 Å². The number of nitrogens with zero attached hydrogens (tertiary/aromatic N) is 3. The summed E-state index contributed by atoms with van der Waals surface area (Å²) in [6, 6.07) is 14.2. The van der Waals surface area contributed by atoms with Crippen LogP contribution in [0.1, 0.15) is 29.9 Å². The molecule has 2 heterocycles. The van der Waals surface area contributed by atoms with E-state index < -0.39 is 0 Å². The van der Waals surface area contributed by atoms with Crippen LogP contribution in [-0.2, 0) is 20.2 Å². The molecule has 3 rings (SSSR count). The van der Waals surface area contributed by atoms with Crippen molar-refractivity contribution < 1.29 is 4.74 Å². The number of nitrogens with one attached hydrogen (secondary N) is 1. The molecule has 2 aromatic heterocycles. The van der Waals surface area contributed by atoms with Crippen molar-refractivity contribution in [3.05, 3.63) is 78.1 Å². The van der Waals surface area contributed by atoms with E-state index in [0.29, 0.717) is 6.61 Å². The third-order valence-electron chi connectivity index (χ3n) is 3.98. The Morgan fingerprint density at radius 3 is 2.88 bits per heavy atom. The average molecular weight is 322 g/mol. The minimum atomic E-state index is 0.221. The SMILES string of the molecule is CC(NCc1cncn1C)c1cccc(OCc2ccccn2)c1. The number of hydrogen-bond donors (Lipinski definition) is 1. The molecule has 0 aliphatic heterocycles. The normalized spacial score (nSPS) is 12.1. The van der Waals surface area contributed by atoms with Crippen LogP contribution in [0.2, 0.25) is 0 Å². The van der Waals surface area contributed by atoms with Crippen LogP contribution < -0.4 is 10.1 Å². The van der Waals surface area contributed by atoms with Crippen LogP contribution in [0.4, 0.5) is 0 Å². The number of rotatable bonds is 7. The number of benzene rings is 1. The number of pyridine rings is 1. The molecule has 1 aromatic carbocycles. The number of ether oxygens (including phenoxy) is 1. The molecule has 0 aliphatic rings. The van der Waals surface area contributed by atoms with E-state index in [1.54, 1.807) is 6.20 Å². The van der Waals surface area contributed by atoms with Gasteiger partial charge in [0.2, 0.25) is 0 Å². The molecule has 3 aromatic rings. The van der Waals surface area contributed by atoms with Crippen LogP contribution >= 0.6 is 0 Å². The van der Waals surface area contributed by atoms with Crippen molar-refractivity contribution in [2.75, 3.05) is 0 Å². The molecule has 5 nitrogen and oxygen atoms in total. The van der Waals surface area contributed by atoms with Crippen LogP contribution in [0.5, 0.6) is 5.75 Å². The lowest BCUT2D eigenvalue weighted by Gasteiger charge is -2.15. The van der Waals surface area contributed by atoms with Crippen LogP contribution in [0.15, 0.2) is 61.2 Å². The van der Waals surface area contributed by atoms with Crippen LogP contribution in [0.25, 0.3) is 0 Å². The van der Waals surface area contributed by atoms with Gasteiger partial charge in [-0.25, -0.2) is 4.98 Å². The van der Waals surface area contributed by atoms with Crippen LogP contribution in [0.3, 0.4) is 0 Å². The smallest absolute Gasteiger partial charge is 0.130 e. The van der Waals surface area contributed by atoms with Gasteiger partial charge in [-0.1, -0.05) is 18.2 Å². The molecule has 1 atom stereocenters. The Bertz CT molecular complexity index is 770. The first-order valence-electron chi connectivity index (χ1n) is 8.03. The van der Waals surface area contributed by atoms with Gasteiger partial charge in [0.25, 0.3) is 0 Å². The predicted octanol–water partition coefficient (Wildman–Crippen LogP) is 3.24. The first kappa shape index (κ1) is 16.2. The lowest BCUT2D eigenvalue weighted by molar-refractivity contribution is 0.300. The number of aromatic nitrogens is 3. The van der Waals surface area contributed by atoms with Crippen LogP contribution in [0, 0.1) is 0 Å². The van der Waals surface area contributed by atoms with E-state index in [0.717, 1.165) is 23.7 Å². The summed E-state index contributed by atoms with van der Waals surface area (Å²) in [5, 5.41) is 3.51. The molecule has 1 unspecified atom stereocenters. The summed E-state index contributed by atoms with van der Waals surface area (Å²) < 4.78 is 7.87. The van der Waals surface area contributed by atoms with Crippen molar-refractivity contribution in [2.24, 2.45) is 7.05 Å². The Balaban J connectivity index is 1.58. The minimum absolute atomic E-state index is 0.221. The van der Waals surface area contributed by atoms with E-state index in [1.807, 2.05) is 54.5 Å². The summed E-state index contributed by atoms with van der Waals surface area (Å²) in [5.41, 5.74) is 3.27. The zero-order valence-corrected chi connectivity index (χ0v) is 14.0. The maximum absolute atomic E-state index is 5.85. The zero-order valence-electron chi connectivity index (χ0n) is 14.0. The first-order valence-corrected chi connectivity index (χ1v) is 8.03. The van der Waals surface area contributed by atoms with Gasteiger partial charge in [0.15, 0.2) is 0 Å². The van der Waals surface area contributed by atoms with Crippen molar-refractivity contribution in [1.82, 2.24) is 19.9 Å². The second-order valence-electron chi connectivity index (χ2n) is 5.78. The number of aryl methyl sites for hydroxylation is 1. The monoisotopic (exact) mass is 322 g/mol. The predicted molar refractivity (Wildman–Crippen MR) is 93.5 cm³/mol. The lowest BCUT2D eigenvalue weighted by atomic mass is 10.1. The average Bonchev–Trinajstić information content (AvgIpc) is 3.04. The Hall–Kier alpha value is -2.66. The summed E-state index contributed by atoms with van der Waals surface area (Å²) in [4.78, 5) is 8.41. The highest BCUT2D eigenvalue weighted by Crippen LogP contribution is 2.20. The Kier molecular flexibility index (Phi) is 5.23. The Labute approximate surface area is 142 Å². The fourth-order valence-corrected chi connectivity index (χ4v) is 2.44. The molecule has 0 bridgehead atoms. The van der Waals surface area contributed by atoms with E-state index >= 15 is 0 Å². The summed E-state index contributed by atoms with van der Waals surface area (Å²) in [5.74, 6) is 0.854. The number of hydrogen-bond acceptors (Lipinski definition) is 4. The van der Waals surface area contributed by atoms with E-state index in [4.69, 9.17) is 4.74 Å². The van der Waals surface area contributed by atoms with Crippen molar-refractivity contribution in [1.29, 1.82) is 0 Å². The molecule has 0 aliphatic carbocycles. The molecule has 0 amide bonds. The molecule has 0 fully saturated rings. The summed E-state index contributed by atoms with van der Waals surface area (Å²) in [6.45, 7) is 3.39. The topological polar surface area (TPSA) is 52.0 Å². The van der Waals surface area contributed by atoms with E-state index in [9.17, 15) is 0 Å². The van der Waals surface area contributed by atoms with Crippen LogP contribution in [-0.4, -0.2) is 14.5 Å².